The summed E-state index contributed by atoms with van der Waals surface area (Å²) >= 11 is 0. The number of amides is 2. The molecule has 2 amide bonds. The number of rotatable bonds is 9. The summed E-state index contributed by atoms with van der Waals surface area (Å²) in [6.07, 6.45) is 5.05. The van der Waals surface area contributed by atoms with Crippen molar-refractivity contribution in [1.82, 2.24) is 10.2 Å². The van der Waals surface area contributed by atoms with Gasteiger partial charge in [0.05, 0.1) is 11.9 Å². The molecule has 37 heavy (non-hydrogen) atoms. The minimum atomic E-state index is -3.83. The van der Waals surface area contributed by atoms with Crippen LogP contribution in [-0.2, 0) is 26.2 Å². The van der Waals surface area contributed by atoms with E-state index in [1.54, 1.807) is 25.1 Å². The molecule has 1 aliphatic heterocycles. The number of aryl methyl sites for hydroxylation is 1. The summed E-state index contributed by atoms with van der Waals surface area (Å²) in [6, 6.07) is 11.8. The van der Waals surface area contributed by atoms with Gasteiger partial charge in [-0.1, -0.05) is 42.7 Å². The Balaban J connectivity index is 1.60. The van der Waals surface area contributed by atoms with Crippen LogP contribution < -0.4 is 19.1 Å². The fourth-order valence-electron chi connectivity index (χ4n) is 4.78. The maximum atomic E-state index is 13.7. The predicted octanol–water partition coefficient (Wildman–Crippen LogP) is 3.01. The van der Waals surface area contributed by atoms with Crippen LogP contribution in [0.1, 0.15) is 43.7 Å². The molecule has 0 radical (unpaired) electrons. The van der Waals surface area contributed by atoms with Crippen LogP contribution in [0.5, 0.6) is 11.5 Å². The van der Waals surface area contributed by atoms with Gasteiger partial charge in [-0.2, -0.15) is 0 Å². The van der Waals surface area contributed by atoms with Crippen molar-refractivity contribution in [3.8, 4) is 11.5 Å². The largest absolute Gasteiger partial charge is 0.486 e. The summed E-state index contributed by atoms with van der Waals surface area (Å²) in [4.78, 5) is 28.3. The first-order chi connectivity index (χ1) is 17.6. The highest BCUT2D eigenvalue weighted by Crippen LogP contribution is 2.34. The van der Waals surface area contributed by atoms with Crippen LogP contribution in [0.2, 0.25) is 0 Å². The molecule has 1 fully saturated rings. The van der Waals surface area contributed by atoms with Crippen molar-refractivity contribution in [3.63, 3.8) is 0 Å². The van der Waals surface area contributed by atoms with E-state index in [1.807, 2.05) is 31.2 Å². The number of nitrogens with one attached hydrogen (secondary N) is 1. The number of hydrogen-bond donors (Lipinski definition) is 1. The average molecular weight is 530 g/mol. The number of carbonyl (C=O) groups is 2. The van der Waals surface area contributed by atoms with Gasteiger partial charge in [0.2, 0.25) is 21.8 Å². The second-order valence-electron chi connectivity index (χ2n) is 9.77. The molecule has 1 atom stereocenters. The minimum Gasteiger partial charge on any atom is -0.486 e. The summed E-state index contributed by atoms with van der Waals surface area (Å²) in [7, 11) is -3.83. The van der Waals surface area contributed by atoms with Crippen LogP contribution in [0.3, 0.4) is 0 Å². The molecule has 0 bridgehead atoms. The molecule has 2 aromatic carbocycles. The van der Waals surface area contributed by atoms with Gasteiger partial charge < -0.3 is 19.7 Å². The van der Waals surface area contributed by atoms with Crippen LogP contribution in [0.15, 0.2) is 42.5 Å². The number of fused-ring (bicyclic) bond motifs is 1. The van der Waals surface area contributed by atoms with Gasteiger partial charge in [-0.25, -0.2) is 8.42 Å². The number of carbonyl (C=O) groups excluding carboxylic acids is 2. The van der Waals surface area contributed by atoms with E-state index in [0.717, 1.165) is 47.4 Å². The Morgan fingerprint density at radius 1 is 1.05 bits per heavy atom. The van der Waals surface area contributed by atoms with Crippen molar-refractivity contribution < 1.29 is 27.5 Å². The Labute approximate surface area is 218 Å². The molecule has 0 aromatic heterocycles. The van der Waals surface area contributed by atoms with Gasteiger partial charge in [-0.3, -0.25) is 13.9 Å². The third-order valence-electron chi connectivity index (χ3n) is 6.80. The molecule has 2 aliphatic rings. The SMILES string of the molecule is Cc1cccc(CN(C(=O)CN(c2ccc3c(c2)OCCO3)S(C)(=O)=O)C(C)C(=O)NC2CCCC2)c1. The lowest BCUT2D eigenvalue weighted by molar-refractivity contribution is -0.139. The number of benzene rings is 2. The summed E-state index contributed by atoms with van der Waals surface area (Å²) in [5.74, 6) is 0.230. The molecule has 0 saturated heterocycles. The molecular formula is C27H35N3O6S. The third-order valence-corrected chi connectivity index (χ3v) is 7.94. The normalized spacial score (nSPS) is 16.2. The average Bonchev–Trinajstić information content (AvgIpc) is 3.37. The molecule has 10 heteroatoms. The summed E-state index contributed by atoms with van der Waals surface area (Å²) in [6.45, 7) is 4.14. The highest BCUT2D eigenvalue weighted by Gasteiger charge is 2.32. The van der Waals surface area contributed by atoms with Gasteiger partial charge in [-0.05, 0) is 44.4 Å². The lowest BCUT2D eigenvalue weighted by Gasteiger charge is -2.32. The Hall–Kier alpha value is -3.27. The van der Waals surface area contributed by atoms with Gasteiger partial charge in [0.1, 0.15) is 25.8 Å². The van der Waals surface area contributed by atoms with Gasteiger partial charge in [0.15, 0.2) is 11.5 Å². The van der Waals surface area contributed by atoms with Crippen molar-refractivity contribution in [1.29, 1.82) is 0 Å². The standard InChI is InChI=1S/C27H35N3O6S/c1-19-7-6-8-21(15-19)17-29(20(2)27(32)28-22-9-4-5-10-22)26(31)18-30(37(3,33)34)23-11-12-24-25(16-23)36-14-13-35-24/h6-8,11-12,15-16,20,22H,4-5,9-10,13-14,17-18H2,1-3H3,(H,28,32). The number of nitrogens with zero attached hydrogens (tertiary/aromatic N) is 2. The van der Waals surface area contributed by atoms with E-state index in [2.05, 4.69) is 5.32 Å². The van der Waals surface area contributed by atoms with Gasteiger partial charge >= 0.3 is 0 Å². The summed E-state index contributed by atoms with van der Waals surface area (Å²) in [5, 5.41) is 3.07. The van der Waals surface area contributed by atoms with E-state index in [1.165, 1.54) is 4.90 Å². The Morgan fingerprint density at radius 3 is 2.43 bits per heavy atom. The van der Waals surface area contributed by atoms with Crippen LogP contribution in [0.4, 0.5) is 5.69 Å². The van der Waals surface area contributed by atoms with E-state index in [9.17, 15) is 18.0 Å². The van der Waals surface area contributed by atoms with Crippen LogP contribution in [0, 0.1) is 6.92 Å². The minimum absolute atomic E-state index is 0.108. The second kappa shape index (κ2) is 11.4. The van der Waals surface area contributed by atoms with E-state index in [4.69, 9.17) is 9.47 Å². The first kappa shape index (κ1) is 26.8. The zero-order chi connectivity index (χ0) is 26.6. The fraction of sp³-hybridized carbons (Fsp3) is 0.481. The lowest BCUT2D eigenvalue weighted by Crippen LogP contribution is -2.52. The molecule has 1 N–H and O–H groups in total. The first-order valence-electron chi connectivity index (χ1n) is 12.6. The third kappa shape index (κ3) is 6.74. The molecule has 2 aromatic rings. The van der Waals surface area contributed by atoms with E-state index in [0.29, 0.717) is 30.4 Å². The number of anilines is 1. The number of sulfonamides is 1. The highest BCUT2D eigenvalue weighted by atomic mass is 32.2. The molecule has 1 heterocycles. The van der Waals surface area contributed by atoms with Crippen molar-refractivity contribution in [2.75, 3.05) is 30.3 Å². The lowest BCUT2D eigenvalue weighted by atomic mass is 10.1. The molecule has 1 saturated carbocycles. The quantitative estimate of drug-likeness (QED) is 0.536. The second-order valence-corrected chi connectivity index (χ2v) is 11.7. The van der Waals surface area contributed by atoms with Crippen LogP contribution >= 0.6 is 0 Å². The predicted molar refractivity (Wildman–Crippen MR) is 141 cm³/mol. The maximum absolute atomic E-state index is 13.7. The van der Waals surface area contributed by atoms with Crippen molar-refractivity contribution >= 4 is 27.5 Å². The zero-order valence-electron chi connectivity index (χ0n) is 21.6. The van der Waals surface area contributed by atoms with Crippen molar-refractivity contribution in [2.24, 2.45) is 0 Å². The molecule has 4 rings (SSSR count). The molecule has 0 spiro atoms. The van der Waals surface area contributed by atoms with Crippen molar-refractivity contribution in [2.45, 2.75) is 58.2 Å². The Kier molecular flexibility index (Phi) is 8.26. The highest BCUT2D eigenvalue weighted by molar-refractivity contribution is 7.92. The smallest absolute Gasteiger partial charge is 0.244 e. The van der Waals surface area contributed by atoms with E-state index in [-0.39, 0.29) is 18.5 Å². The topological polar surface area (TPSA) is 105 Å². The maximum Gasteiger partial charge on any atom is 0.244 e. The summed E-state index contributed by atoms with van der Waals surface area (Å²) in [5.41, 5.74) is 2.18. The summed E-state index contributed by atoms with van der Waals surface area (Å²) < 4.78 is 37.8. The molecule has 200 valence electrons. The van der Waals surface area contributed by atoms with E-state index < -0.39 is 28.5 Å². The van der Waals surface area contributed by atoms with Gasteiger partial charge in [0, 0.05) is 18.7 Å². The number of ether oxygens (including phenoxy) is 2. The Bertz CT molecular complexity index is 1240. The van der Waals surface area contributed by atoms with Crippen molar-refractivity contribution in [3.05, 3.63) is 53.6 Å². The Morgan fingerprint density at radius 2 is 1.76 bits per heavy atom. The molecule has 9 nitrogen and oxygen atoms in total. The number of hydrogen-bond acceptors (Lipinski definition) is 6. The first-order valence-corrected chi connectivity index (χ1v) is 14.5. The monoisotopic (exact) mass is 529 g/mol. The van der Waals surface area contributed by atoms with E-state index >= 15 is 0 Å². The van der Waals surface area contributed by atoms with Gasteiger partial charge in [0.25, 0.3) is 0 Å². The molecule has 1 unspecified atom stereocenters. The van der Waals surface area contributed by atoms with Crippen LogP contribution in [0.25, 0.3) is 0 Å². The zero-order valence-corrected chi connectivity index (χ0v) is 22.4. The molecule has 1 aliphatic carbocycles. The molecular weight excluding hydrogens is 494 g/mol. The van der Waals surface area contributed by atoms with Crippen LogP contribution in [-0.4, -0.2) is 63.2 Å². The van der Waals surface area contributed by atoms with Gasteiger partial charge in [-0.15, -0.1) is 0 Å². The fourth-order valence-corrected chi connectivity index (χ4v) is 5.62.